The van der Waals surface area contributed by atoms with E-state index in [4.69, 9.17) is 14.4 Å². The highest BCUT2D eigenvalue weighted by Gasteiger charge is 2.29. The molecule has 3 heterocycles. The Balaban J connectivity index is 1.03. The highest BCUT2D eigenvalue weighted by atomic mass is 16.3. The van der Waals surface area contributed by atoms with Gasteiger partial charge in [-0.1, -0.05) is 188 Å². The maximum Gasteiger partial charge on any atom is 0.159 e. The van der Waals surface area contributed by atoms with Crippen LogP contribution in [0.5, 0.6) is 0 Å². The van der Waals surface area contributed by atoms with Crippen LogP contribution in [0.4, 0.5) is 0 Å². The van der Waals surface area contributed by atoms with Crippen molar-refractivity contribution in [2.24, 2.45) is 9.98 Å². The van der Waals surface area contributed by atoms with Crippen molar-refractivity contribution in [3.63, 3.8) is 0 Å². The minimum Gasteiger partial charge on any atom is -0.455 e. The van der Waals surface area contributed by atoms with Gasteiger partial charge in [0.25, 0.3) is 0 Å². The molecule has 326 valence electrons. The molecule has 0 amide bonds. The van der Waals surface area contributed by atoms with Crippen LogP contribution in [0.2, 0.25) is 0 Å². The van der Waals surface area contributed by atoms with Crippen molar-refractivity contribution in [1.29, 1.82) is 0 Å². The van der Waals surface area contributed by atoms with Crippen molar-refractivity contribution in [2.45, 2.75) is 6.17 Å². The molecular weight excluding hydrogens is 853 g/mol. The van der Waals surface area contributed by atoms with E-state index in [9.17, 15) is 0 Å². The van der Waals surface area contributed by atoms with Crippen LogP contribution in [0.3, 0.4) is 0 Å². The largest absolute Gasteiger partial charge is 0.455 e. The third-order valence-corrected chi connectivity index (χ3v) is 14.6. The first-order valence-electron chi connectivity index (χ1n) is 23.9. The van der Waals surface area contributed by atoms with Gasteiger partial charge in [0.05, 0.1) is 22.1 Å². The molecule has 0 saturated heterocycles. The number of nitrogens with zero attached hydrogens (tertiary/aromatic N) is 3. The summed E-state index contributed by atoms with van der Waals surface area (Å²) >= 11 is 0. The molecule has 2 aromatic heterocycles. The van der Waals surface area contributed by atoms with E-state index >= 15 is 0 Å². The Bertz CT molecular complexity index is 4560. The fraction of sp³-hybridized carbons (Fsp3) is 0.0154. The summed E-state index contributed by atoms with van der Waals surface area (Å²) in [4.78, 5) is 11.1. The van der Waals surface area contributed by atoms with Crippen molar-refractivity contribution in [3.05, 3.63) is 247 Å². The Morgan fingerprint density at radius 2 is 0.971 bits per heavy atom. The Kier molecular flexibility index (Phi) is 8.36. The number of rotatable bonds is 5. The minimum atomic E-state index is -0.554. The lowest BCUT2D eigenvalue weighted by Gasteiger charge is -2.26. The smallest absolute Gasteiger partial charge is 0.159 e. The van der Waals surface area contributed by atoms with Crippen LogP contribution in [0.1, 0.15) is 22.9 Å². The van der Waals surface area contributed by atoms with Gasteiger partial charge in [0.2, 0.25) is 0 Å². The summed E-state index contributed by atoms with van der Waals surface area (Å²) in [6, 6.07) is 82.9. The summed E-state index contributed by atoms with van der Waals surface area (Å²) in [7, 11) is 0. The van der Waals surface area contributed by atoms with Crippen LogP contribution in [0.25, 0.3) is 114 Å². The molecule has 0 bridgehead atoms. The summed E-state index contributed by atoms with van der Waals surface area (Å²) in [6.07, 6.45) is -0.554. The molecule has 5 nitrogen and oxygen atoms in total. The number of amidine groups is 2. The maximum absolute atomic E-state index is 7.02. The molecule has 0 fully saturated rings. The number of hydrogen-bond acceptors (Lipinski definition) is 4. The van der Waals surface area contributed by atoms with E-state index < -0.39 is 6.17 Å². The van der Waals surface area contributed by atoms with Crippen molar-refractivity contribution in [2.75, 3.05) is 0 Å². The van der Waals surface area contributed by atoms with Gasteiger partial charge in [-0.25, -0.2) is 9.98 Å². The lowest BCUT2D eigenvalue weighted by atomic mass is 9.99. The molecule has 70 heavy (non-hydrogen) atoms. The third kappa shape index (κ3) is 5.91. The third-order valence-electron chi connectivity index (χ3n) is 14.6. The molecule has 1 aliphatic heterocycles. The van der Waals surface area contributed by atoms with Gasteiger partial charge in [0.1, 0.15) is 23.2 Å². The van der Waals surface area contributed by atoms with Crippen molar-refractivity contribution in [3.8, 4) is 16.8 Å². The first-order chi connectivity index (χ1) is 34.7. The van der Waals surface area contributed by atoms with Gasteiger partial charge in [0, 0.05) is 38.2 Å². The Morgan fingerprint density at radius 3 is 1.79 bits per heavy atom. The summed E-state index contributed by atoms with van der Waals surface area (Å²) in [5.41, 5.74) is 10.2. The number of benzene rings is 12. The zero-order chi connectivity index (χ0) is 45.9. The fourth-order valence-electron chi connectivity index (χ4n) is 11.3. The molecule has 0 saturated carbocycles. The van der Waals surface area contributed by atoms with E-state index in [-0.39, 0.29) is 0 Å². The molecule has 12 aromatic carbocycles. The standard InChI is InChI=1S/C65H40N4O/c1-2-12-39(13-3-1)40-22-25-44(26-23-40)63-66-64(48-29-31-50-47(36-48)27-24-41-14-6-9-19-49(41)50)68-65(67-63)54-33-35-58-60(53-32-28-43-16-8-11-21-52(43)62(53)70-58)61(54)69-56-34-30-42-15-7-10-20-51(42)59(56)55-37-45-17-4-5-18-46(45)38-57(55)69/h1-38,65H,(H,66,67,68). The predicted octanol–water partition coefficient (Wildman–Crippen LogP) is 16.6. The summed E-state index contributed by atoms with van der Waals surface area (Å²) < 4.78 is 9.51. The molecular formula is C65H40N4O. The Hall–Kier alpha value is -9.32. The highest BCUT2D eigenvalue weighted by molar-refractivity contribution is 6.25. The number of aliphatic imine (C=N–C) groups is 2. The Morgan fingerprint density at radius 1 is 0.386 bits per heavy atom. The van der Waals surface area contributed by atoms with Crippen LogP contribution in [0, 0.1) is 0 Å². The quantitative estimate of drug-likeness (QED) is 0.175. The monoisotopic (exact) mass is 892 g/mol. The number of fused-ring (bicyclic) bond motifs is 14. The molecule has 1 unspecified atom stereocenters. The van der Waals surface area contributed by atoms with Crippen molar-refractivity contribution >= 4 is 109 Å². The van der Waals surface area contributed by atoms with Gasteiger partial charge >= 0.3 is 0 Å². The molecule has 15 rings (SSSR count). The second-order valence-corrected chi connectivity index (χ2v) is 18.5. The van der Waals surface area contributed by atoms with E-state index in [1.165, 1.54) is 54.0 Å². The SMILES string of the molecule is c1ccc(-c2ccc(C3=NC(c4ccc5c(ccc6ccccc65)c4)=NC(c4ccc5oc6c7ccccc7ccc6c5c4-n4c5cc6ccccc6cc5c5c6ccccc6ccc54)N3)cc2)cc1. The summed E-state index contributed by atoms with van der Waals surface area (Å²) in [6.45, 7) is 0. The van der Waals surface area contributed by atoms with E-state index in [1.807, 2.05) is 0 Å². The molecule has 0 radical (unpaired) electrons. The van der Waals surface area contributed by atoms with E-state index in [1.54, 1.807) is 0 Å². The van der Waals surface area contributed by atoms with Crippen LogP contribution in [-0.4, -0.2) is 16.2 Å². The molecule has 1 atom stereocenters. The molecule has 1 aliphatic rings. The number of nitrogens with one attached hydrogen (secondary N) is 1. The molecule has 0 aliphatic carbocycles. The first-order valence-corrected chi connectivity index (χ1v) is 23.9. The van der Waals surface area contributed by atoms with Crippen LogP contribution >= 0.6 is 0 Å². The maximum atomic E-state index is 7.02. The van der Waals surface area contributed by atoms with Gasteiger partial charge in [0.15, 0.2) is 5.84 Å². The number of hydrogen-bond donors (Lipinski definition) is 1. The van der Waals surface area contributed by atoms with Gasteiger partial charge in [-0.2, -0.15) is 0 Å². The number of furan rings is 1. The molecule has 5 heteroatoms. The van der Waals surface area contributed by atoms with Gasteiger partial charge in [-0.15, -0.1) is 0 Å². The topological polar surface area (TPSA) is 54.8 Å². The second-order valence-electron chi connectivity index (χ2n) is 18.5. The zero-order valence-electron chi connectivity index (χ0n) is 37.8. The summed E-state index contributed by atoms with van der Waals surface area (Å²) in [5, 5.41) is 20.2. The van der Waals surface area contributed by atoms with E-state index in [0.717, 1.165) is 82.9 Å². The van der Waals surface area contributed by atoms with Crippen molar-refractivity contribution < 1.29 is 4.42 Å². The average Bonchev–Trinajstić information content (AvgIpc) is 3.98. The Labute approximate surface area is 401 Å². The molecule has 0 spiro atoms. The van der Waals surface area contributed by atoms with Crippen LogP contribution in [-0.2, 0) is 0 Å². The predicted molar refractivity (Wildman–Crippen MR) is 293 cm³/mol. The minimum absolute atomic E-state index is 0.554. The molecule has 14 aromatic rings. The molecule has 1 N–H and O–H groups in total. The van der Waals surface area contributed by atoms with E-state index in [2.05, 4.69) is 240 Å². The number of aromatic nitrogens is 1. The zero-order valence-corrected chi connectivity index (χ0v) is 37.8. The van der Waals surface area contributed by atoms with Crippen molar-refractivity contribution in [1.82, 2.24) is 9.88 Å². The summed E-state index contributed by atoms with van der Waals surface area (Å²) in [5.74, 6) is 1.41. The van der Waals surface area contributed by atoms with E-state index in [0.29, 0.717) is 5.84 Å². The normalized spacial score (nSPS) is 14.1. The van der Waals surface area contributed by atoms with Gasteiger partial charge in [-0.05, 0) is 102 Å². The lowest BCUT2D eigenvalue weighted by molar-refractivity contribution is 0.663. The average molecular weight is 893 g/mol. The van der Waals surface area contributed by atoms with Crippen LogP contribution < -0.4 is 5.32 Å². The van der Waals surface area contributed by atoms with Gasteiger partial charge in [-0.3, -0.25) is 0 Å². The first kappa shape index (κ1) is 38.8. The highest BCUT2D eigenvalue weighted by Crippen LogP contribution is 2.46. The van der Waals surface area contributed by atoms with Crippen LogP contribution in [0.15, 0.2) is 245 Å². The fourth-order valence-corrected chi connectivity index (χ4v) is 11.3. The second kappa shape index (κ2) is 15.1. The van der Waals surface area contributed by atoms with Gasteiger partial charge < -0.3 is 14.3 Å². The lowest BCUT2D eigenvalue weighted by Crippen LogP contribution is -2.34.